The summed E-state index contributed by atoms with van der Waals surface area (Å²) < 4.78 is 12.2. The van der Waals surface area contributed by atoms with Crippen molar-refractivity contribution in [2.45, 2.75) is 13.0 Å². The third kappa shape index (κ3) is 3.09. The fraction of sp³-hybridized carbons (Fsp3) is 0.286. The molecule has 0 bridgehead atoms. The second-order valence-electron chi connectivity index (χ2n) is 4.30. The summed E-state index contributed by atoms with van der Waals surface area (Å²) in [5.74, 6) is 1.72. The Hall–Kier alpha value is -2.50. The highest BCUT2D eigenvalue weighted by molar-refractivity contribution is 5.73. The number of hydrogen-bond donors (Lipinski definition) is 1. The number of nitrogens with two attached hydrogens (primary N) is 1. The van der Waals surface area contributed by atoms with Crippen LogP contribution in [0.2, 0.25) is 0 Å². The summed E-state index contributed by atoms with van der Waals surface area (Å²) in [5.41, 5.74) is 6.22. The van der Waals surface area contributed by atoms with Crippen LogP contribution >= 0.6 is 0 Å². The van der Waals surface area contributed by atoms with Gasteiger partial charge in [-0.25, -0.2) is 4.98 Å². The highest BCUT2D eigenvalue weighted by atomic mass is 16.5. The zero-order chi connectivity index (χ0) is 14.5. The first kappa shape index (κ1) is 13.9. The molecule has 106 valence electrons. The Labute approximate surface area is 117 Å². The number of carbonyl (C=O) groups is 1. The normalized spacial score (nSPS) is 10.3. The SMILES string of the molecule is COc1ccc(Cc2nccn2CC(N)=O)cc1OC. The number of rotatable bonds is 6. The van der Waals surface area contributed by atoms with Gasteiger partial charge in [0.15, 0.2) is 11.5 Å². The Balaban J connectivity index is 2.22. The predicted octanol–water partition coefficient (Wildman–Crippen LogP) is 0.976. The number of imidazole rings is 1. The molecule has 0 unspecified atom stereocenters. The van der Waals surface area contributed by atoms with Gasteiger partial charge in [0.2, 0.25) is 5.91 Å². The van der Waals surface area contributed by atoms with Crippen molar-refractivity contribution in [3.05, 3.63) is 42.0 Å². The number of benzene rings is 1. The van der Waals surface area contributed by atoms with Crippen LogP contribution in [0.3, 0.4) is 0 Å². The van der Waals surface area contributed by atoms with Gasteiger partial charge in [0, 0.05) is 18.8 Å². The number of aromatic nitrogens is 2. The van der Waals surface area contributed by atoms with Crippen molar-refractivity contribution >= 4 is 5.91 Å². The van der Waals surface area contributed by atoms with E-state index in [9.17, 15) is 4.79 Å². The molecule has 20 heavy (non-hydrogen) atoms. The van der Waals surface area contributed by atoms with Crippen LogP contribution < -0.4 is 15.2 Å². The van der Waals surface area contributed by atoms with Crippen molar-refractivity contribution in [1.82, 2.24) is 9.55 Å². The summed E-state index contributed by atoms with van der Waals surface area (Å²) in [7, 11) is 3.19. The molecule has 0 aliphatic rings. The smallest absolute Gasteiger partial charge is 0.237 e. The second kappa shape index (κ2) is 6.10. The minimum absolute atomic E-state index is 0.128. The molecular formula is C14H17N3O3. The zero-order valence-corrected chi connectivity index (χ0v) is 11.5. The van der Waals surface area contributed by atoms with E-state index in [4.69, 9.17) is 15.2 Å². The Bertz CT molecular complexity index is 607. The molecule has 0 spiro atoms. The topological polar surface area (TPSA) is 79.4 Å². The molecule has 1 aromatic heterocycles. The molecule has 0 fully saturated rings. The average molecular weight is 275 g/mol. The van der Waals surface area contributed by atoms with Gasteiger partial charge in [0.1, 0.15) is 12.4 Å². The van der Waals surface area contributed by atoms with Gasteiger partial charge in [0.25, 0.3) is 0 Å². The number of amides is 1. The molecule has 6 nitrogen and oxygen atoms in total. The van der Waals surface area contributed by atoms with E-state index in [1.165, 1.54) is 0 Å². The van der Waals surface area contributed by atoms with Crippen LogP contribution in [0.25, 0.3) is 0 Å². The van der Waals surface area contributed by atoms with Gasteiger partial charge in [-0.2, -0.15) is 0 Å². The van der Waals surface area contributed by atoms with Crippen molar-refractivity contribution in [2.75, 3.05) is 14.2 Å². The molecule has 0 aliphatic carbocycles. The molecule has 2 N–H and O–H groups in total. The average Bonchev–Trinajstić information content (AvgIpc) is 2.85. The monoisotopic (exact) mass is 275 g/mol. The number of primary amides is 1. The van der Waals surface area contributed by atoms with Crippen LogP contribution in [0.4, 0.5) is 0 Å². The van der Waals surface area contributed by atoms with Gasteiger partial charge in [0.05, 0.1) is 14.2 Å². The van der Waals surface area contributed by atoms with Crippen LogP contribution in [-0.4, -0.2) is 29.7 Å². The molecule has 1 aromatic carbocycles. The third-order valence-corrected chi connectivity index (χ3v) is 2.94. The fourth-order valence-corrected chi connectivity index (χ4v) is 1.99. The minimum atomic E-state index is -0.392. The van der Waals surface area contributed by atoms with Crippen LogP contribution in [0.15, 0.2) is 30.6 Å². The maximum absolute atomic E-state index is 11.0. The highest BCUT2D eigenvalue weighted by Gasteiger charge is 2.09. The summed E-state index contributed by atoms with van der Waals surface area (Å²) in [6.45, 7) is 0.128. The Morgan fingerprint density at radius 1 is 1.30 bits per heavy atom. The van der Waals surface area contributed by atoms with E-state index < -0.39 is 5.91 Å². The second-order valence-corrected chi connectivity index (χ2v) is 4.30. The summed E-state index contributed by atoms with van der Waals surface area (Å²) in [4.78, 5) is 15.2. The molecular weight excluding hydrogens is 258 g/mol. The van der Waals surface area contributed by atoms with Crippen LogP contribution in [0.5, 0.6) is 11.5 Å². The van der Waals surface area contributed by atoms with Crippen LogP contribution in [0.1, 0.15) is 11.4 Å². The van der Waals surface area contributed by atoms with E-state index in [1.807, 2.05) is 18.2 Å². The summed E-state index contributed by atoms with van der Waals surface area (Å²) in [5, 5.41) is 0. The number of ether oxygens (including phenoxy) is 2. The first-order chi connectivity index (χ1) is 9.63. The van der Waals surface area contributed by atoms with E-state index in [-0.39, 0.29) is 6.54 Å². The van der Waals surface area contributed by atoms with Crippen molar-refractivity contribution in [2.24, 2.45) is 5.73 Å². The lowest BCUT2D eigenvalue weighted by Gasteiger charge is -2.10. The fourth-order valence-electron chi connectivity index (χ4n) is 1.99. The van der Waals surface area contributed by atoms with E-state index in [0.717, 1.165) is 11.4 Å². The highest BCUT2D eigenvalue weighted by Crippen LogP contribution is 2.28. The summed E-state index contributed by atoms with van der Waals surface area (Å²) in [6.07, 6.45) is 3.97. The number of hydrogen-bond acceptors (Lipinski definition) is 4. The Morgan fingerprint density at radius 3 is 2.70 bits per heavy atom. The molecule has 0 saturated carbocycles. The largest absolute Gasteiger partial charge is 0.493 e. The third-order valence-electron chi connectivity index (χ3n) is 2.94. The van der Waals surface area contributed by atoms with E-state index >= 15 is 0 Å². The number of nitrogens with zero attached hydrogens (tertiary/aromatic N) is 2. The van der Waals surface area contributed by atoms with Gasteiger partial charge in [-0.3, -0.25) is 4.79 Å². The van der Waals surface area contributed by atoms with Crippen molar-refractivity contribution < 1.29 is 14.3 Å². The maximum atomic E-state index is 11.0. The number of carbonyl (C=O) groups excluding carboxylic acids is 1. The standard InChI is InChI=1S/C14H17N3O3/c1-19-11-4-3-10(7-12(11)20-2)8-14-16-5-6-17(14)9-13(15)18/h3-7H,8-9H2,1-2H3,(H2,15,18). The van der Waals surface area contributed by atoms with Crippen molar-refractivity contribution in [1.29, 1.82) is 0 Å². The molecule has 0 saturated heterocycles. The first-order valence-corrected chi connectivity index (χ1v) is 6.13. The van der Waals surface area contributed by atoms with Gasteiger partial charge >= 0.3 is 0 Å². The molecule has 6 heteroatoms. The number of methoxy groups -OCH3 is 2. The van der Waals surface area contributed by atoms with Crippen LogP contribution in [0, 0.1) is 0 Å². The van der Waals surface area contributed by atoms with Crippen molar-refractivity contribution in [3.63, 3.8) is 0 Å². The van der Waals surface area contributed by atoms with Gasteiger partial charge in [-0.1, -0.05) is 6.07 Å². The Morgan fingerprint density at radius 2 is 2.05 bits per heavy atom. The van der Waals surface area contributed by atoms with E-state index in [2.05, 4.69) is 4.98 Å². The summed E-state index contributed by atoms with van der Waals surface area (Å²) in [6, 6.07) is 5.67. The first-order valence-electron chi connectivity index (χ1n) is 6.13. The van der Waals surface area contributed by atoms with E-state index in [1.54, 1.807) is 31.2 Å². The molecule has 2 aromatic rings. The molecule has 2 rings (SSSR count). The van der Waals surface area contributed by atoms with Gasteiger partial charge in [-0.05, 0) is 17.7 Å². The van der Waals surface area contributed by atoms with E-state index in [0.29, 0.717) is 17.9 Å². The van der Waals surface area contributed by atoms with Crippen LogP contribution in [-0.2, 0) is 17.8 Å². The van der Waals surface area contributed by atoms with Gasteiger partial charge < -0.3 is 19.8 Å². The summed E-state index contributed by atoms with van der Waals surface area (Å²) >= 11 is 0. The lowest BCUT2D eigenvalue weighted by atomic mass is 10.1. The van der Waals surface area contributed by atoms with Crippen molar-refractivity contribution in [3.8, 4) is 11.5 Å². The van der Waals surface area contributed by atoms with Gasteiger partial charge in [-0.15, -0.1) is 0 Å². The quantitative estimate of drug-likeness (QED) is 0.852. The molecule has 0 radical (unpaired) electrons. The molecule has 0 atom stereocenters. The molecule has 0 aliphatic heterocycles. The Kier molecular flexibility index (Phi) is 4.24. The predicted molar refractivity (Wildman–Crippen MR) is 73.8 cm³/mol. The molecule has 1 amide bonds. The lowest BCUT2D eigenvalue weighted by Crippen LogP contribution is -2.19. The maximum Gasteiger partial charge on any atom is 0.237 e. The minimum Gasteiger partial charge on any atom is -0.493 e. The molecule has 1 heterocycles. The zero-order valence-electron chi connectivity index (χ0n) is 11.5. The lowest BCUT2D eigenvalue weighted by molar-refractivity contribution is -0.118.